The number of nitrogens with two attached hydrogens (primary N) is 1. The average molecular weight is 298 g/mol. The van der Waals surface area contributed by atoms with E-state index in [1.165, 1.54) is 0 Å². The zero-order valence-corrected chi connectivity index (χ0v) is 12.8. The SMILES string of the molecule is CC(C)Oc1cc(N)cc(N2CCCS(=O)(=O)CC2)c1. The molecule has 0 atom stereocenters. The number of nitrogens with zero attached hydrogens (tertiary/aromatic N) is 1. The Kier molecular flexibility index (Phi) is 4.42. The fraction of sp³-hybridized carbons (Fsp3) is 0.571. The van der Waals surface area contributed by atoms with Gasteiger partial charge in [-0.1, -0.05) is 0 Å². The van der Waals surface area contributed by atoms with Crippen molar-refractivity contribution < 1.29 is 13.2 Å². The van der Waals surface area contributed by atoms with Crippen molar-refractivity contribution in [2.24, 2.45) is 0 Å². The highest BCUT2D eigenvalue weighted by atomic mass is 32.2. The molecule has 20 heavy (non-hydrogen) atoms. The molecule has 0 unspecified atom stereocenters. The van der Waals surface area contributed by atoms with Crippen LogP contribution in [-0.2, 0) is 9.84 Å². The molecule has 1 saturated heterocycles. The summed E-state index contributed by atoms with van der Waals surface area (Å²) in [7, 11) is -2.90. The Balaban J connectivity index is 2.21. The molecule has 1 aliphatic heterocycles. The first-order chi connectivity index (χ1) is 9.35. The fourth-order valence-corrected chi connectivity index (χ4v) is 3.60. The Morgan fingerprint density at radius 1 is 1.20 bits per heavy atom. The van der Waals surface area contributed by atoms with Crippen LogP contribution in [0.15, 0.2) is 18.2 Å². The lowest BCUT2D eigenvalue weighted by Gasteiger charge is -2.23. The van der Waals surface area contributed by atoms with Gasteiger partial charge in [0.2, 0.25) is 0 Å². The minimum Gasteiger partial charge on any atom is -0.491 e. The third kappa shape index (κ3) is 4.03. The smallest absolute Gasteiger partial charge is 0.152 e. The Morgan fingerprint density at radius 2 is 1.95 bits per heavy atom. The van der Waals surface area contributed by atoms with Gasteiger partial charge < -0.3 is 15.4 Å². The maximum atomic E-state index is 11.7. The van der Waals surface area contributed by atoms with Crippen molar-refractivity contribution in [3.05, 3.63) is 18.2 Å². The summed E-state index contributed by atoms with van der Waals surface area (Å²) in [5.74, 6) is 1.19. The van der Waals surface area contributed by atoms with Crippen LogP contribution in [0.5, 0.6) is 5.75 Å². The molecule has 0 aliphatic carbocycles. The molecule has 6 heteroatoms. The number of rotatable bonds is 3. The van der Waals surface area contributed by atoms with Crippen LogP contribution < -0.4 is 15.4 Å². The van der Waals surface area contributed by atoms with Crippen LogP contribution in [0.4, 0.5) is 11.4 Å². The number of hydrogen-bond acceptors (Lipinski definition) is 5. The summed E-state index contributed by atoms with van der Waals surface area (Å²) < 4.78 is 29.0. The first-order valence-corrected chi connectivity index (χ1v) is 8.70. The van der Waals surface area contributed by atoms with E-state index in [1.807, 2.05) is 26.0 Å². The molecule has 0 saturated carbocycles. The third-order valence-electron chi connectivity index (χ3n) is 3.21. The molecule has 0 aromatic heterocycles. The van der Waals surface area contributed by atoms with Crippen molar-refractivity contribution in [3.8, 4) is 5.75 Å². The van der Waals surface area contributed by atoms with Crippen molar-refractivity contribution in [2.75, 3.05) is 35.2 Å². The topological polar surface area (TPSA) is 72.6 Å². The molecule has 0 radical (unpaired) electrons. The van der Waals surface area contributed by atoms with E-state index < -0.39 is 9.84 Å². The van der Waals surface area contributed by atoms with Crippen LogP contribution >= 0.6 is 0 Å². The highest BCUT2D eigenvalue weighted by molar-refractivity contribution is 7.91. The predicted octanol–water partition coefficient (Wildman–Crippen LogP) is 1.68. The van der Waals surface area contributed by atoms with Crippen molar-refractivity contribution in [1.82, 2.24) is 0 Å². The van der Waals surface area contributed by atoms with Gasteiger partial charge in [-0.25, -0.2) is 8.42 Å². The molecule has 2 N–H and O–H groups in total. The molecule has 1 aromatic rings. The van der Waals surface area contributed by atoms with Crippen LogP contribution in [0, 0.1) is 0 Å². The van der Waals surface area contributed by atoms with Gasteiger partial charge >= 0.3 is 0 Å². The van der Waals surface area contributed by atoms with Crippen molar-refractivity contribution in [2.45, 2.75) is 26.4 Å². The highest BCUT2D eigenvalue weighted by Crippen LogP contribution is 2.27. The maximum Gasteiger partial charge on any atom is 0.152 e. The van der Waals surface area contributed by atoms with Crippen molar-refractivity contribution >= 4 is 21.2 Å². The Labute approximate surface area is 120 Å². The first-order valence-electron chi connectivity index (χ1n) is 6.88. The van der Waals surface area contributed by atoms with Gasteiger partial charge in [0.15, 0.2) is 9.84 Å². The quantitative estimate of drug-likeness (QED) is 0.860. The first kappa shape index (κ1) is 15.0. The maximum absolute atomic E-state index is 11.7. The number of nitrogen functional groups attached to an aromatic ring is 1. The Hall–Kier alpha value is -1.43. The summed E-state index contributed by atoms with van der Waals surface area (Å²) in [5.41, 5.74) is 7.47. The van der Waals surface area contributed by atoms with E-state index in [9.17, 15) is 8.42 Å². The molecule has 1 aliphatic rings. The number of sulfone groups is 1. The van der Waals surface area contributed by atoms with Crippen LogP contribution in [0.1, 0.15) is 20.3 Å². The second-order valence-electron chi connectivity index (χ2n) is 5.42. The molecule has 0 amide bonds. The zero-order chi connectivity index (χ0) is 14.8. The molecule has 1 heterocycles. The average Bonchev–Trinajstić information content (AvgIpc) is 2.48. The third-order valence-corrected chi connectivity index (χ3v) is 4.92. The molecule has 0 bridgehead atoms. The standard InChI is InChI=1S/C14H22N2O3S/c1-11(2)19-14-9-12(15)8-13(10-14)16-4-3-6-20(17,18)7-5-16/h8-11H,3-7,15H2,1-2H3. The van der Waals surface area contributed by atoms with Crippen LogP contribution in [0.3, 0.4) is 0 Å². The van der Waals surface area contributed by atoms with E-state index in [4.69, 9.17) is 10.5 Å². The highest BCUT2D eigenvalue weighted by Gasteiger charge is 2.20. The molecule has 112 valence electrons. The van der Waals surface area contributed by atoms with Crippen molar-refractivity contribution in [1.29, 1.82) is 0 Å². The van der Waals surface area contributed by atoms with Gasteiger partial charge in [0.25, 0.3) is 0 Å². The normalized spacial score (nSPS) is 18.9. The number of ether oxygens (including phenoxy) is 1. The van der Waals surface area contributed by atoms with Crippen molar-refractivity contribution in [3.63, 3.8) is 0 Å². The largest absolute Gasteiger partial charge is 0.491 e. The number of benzene rings is 1. The van der Waals surface area contributed by atoms with Gasteiger partial charge in [-0.2, -0.15) is 0 Å². The van der Waals surface area contributed by atoms with Gasteiger partial charge in [-0.15, -0.1) is 0 Å². The van der Waals surface area contributed by atoms with E-state index in [0.717, 1.165) is 18.0 Å². The second kappa shape index (κ2) is 5.91. The van der Waals surface area contributed by atoms with E-state index in [-0.39, 0.29) is 17.6 Å². The van der Waals surface area contributed by atoms with Crippen LogP contribution in [-0.4, -0.2) is 39.1 Å². The van der Waals surface area contributed by atoms with Gasteiger partial charge in [0, 0.05) is 36.6 Å². The van der Waals surface area contributed by atoms with Gasteiger partial charge in [-0.3, -0.25) is 0 Å². The molecule has 1 aromatic carbocycles. The summed E-state index contributed by atoms with van der Waals surface area (Å²) in [5, 5.41) is 0. The van der Waals surface area contributed by atoms with Gasteiger partial charge in [0.05, 0.1) is 17.6 Å². The Morgan fingerprint density at radius 3 is 2.65 bits per heavy atom. The van der Waals surface area contributed by atoms with Gasteiger partial charge in [0.1, 0.15) is 5.75 Å². The second-order valence-corrected chi connectivity index (χ2v) is 7.72. The molecule has 0 spiro atoms. The molecule has 1 fully saturated rings. The van der Waals surface area contributed by atoms with E-state index in [0.29, 0.717) is 18.7 Å². The summed E-state index contributed by atoms with van der Waals surface area (Å²) >= 11 is 0. The minimum atomic E-state index is -2.90. The minimum absolute atomic E-state index is 0.0779. The van der Waals surface area contributed by atoms with Gasteiger partial charge in [-0.05, 0) is 26.3 Å². The molecule has 5 nitrogen and oxygen atoms in total. The number of hydrogen-bond donors (Lipinski definition) is 1. The zero-order valence-electron chi connectivity index (χ0n) is 12.0. The lowest BCUT2D eigenvalue weighted by molar-refractivity contribution is 0.242. The number of anilines is 2. The summed E-state index contributed by atoms with van der Waals surface area (Å²) in [6, 6.07) is 5.58. The fourth-order valence-electron chi connectivity index (χ4n) is 2.33. The lowest BCUT2D eigenvalue weighted by atomic mass is 10.2. The van der Waals surface area contributed by atoms with E-state index >= 15 is 0 Å². The lowest BCUT2D eigenvalue weighted by Crippen LogP contribution is -2.26. The van der Waals surface area contributed by atoms with Crippen LogP contribution in [0.25, 0.3) is 0 Å². The van der Waals surface area contributed by atoms with E-state index in [2.05, 4.69) is 4.90 Å². The Bertz CT molecular complexity index is 570. The van der Waals surface area contributed by atoms with E-state index in [1.54, 1.807) is 6.07 Å². The summed E-state index contributed by atoms with van der Waals surface area (Å²) in [6.07, 6.45) is 0.728. The van der Waals surface area contributed by atoms with Crippen LogP contribution in [0.2, 0.25) is 0 Å². The summed E-state index contributed by atoms with van der Waals surface area (Å²) in [6.45, 7) is 5.15. The predicted molar refractivity (Wildman–Crippen MR) is 82.1 cm³/mol. The summed E-state index contributed by atoms with van der Waals surface area (Å²) in [4.78, 5) is 2.06. The molecular formula is C14H22N2O3S. The monoisotopic (exact) mass is 298 g/mol. The molecule has 2 rings (SSSR count). The molecular weight excluding hydrogens is 276 g/mol.